The molecule has 31 heavy (non-hydrogen) atoms. The number of carbonyl (C=O) groups is 2. The second-order valence-electron chi connectivity index (χ2n) is 7.52. The van der Waals surface area contributed by atoms with Gasteiger partial charge in [0.1, 0.15) is 5.82 Å². The van der Waals surface area contributed by atoms with Crippen molar-refractivity contribution in [2.45, 2.75) is 38.3 Å². The first-order chi connectivity index (χ1) is 15.0. The van der Waals surface area contributed by atoms with Gasteiger partial charge < -0.3 is 10.1 Å². The standard InChI is InChI=1S/C23H22ClN3O4/c24-16-5-3-4-15(12-16)13-25-21(28)14-31-22(29)11-10-20-26-19-7-2-1-6-18(19)23(30)27(20)17-8-9-17/h1-7,12,17H,8-11,13-14H2,(H,25,28). The van der Waals surface area contributed by atoms with Crippen molar-refractivity contribution in [2.24, 2.45) is 0 Å². The van der Waals surface area contributed by atoms with E-state index in [0.717, 1.165) is 18.4 Å². The second-order valence-corrected chi connectivity index (χ2v) is 7.96. The molecule has 3 aromatic rings. The van der Waals surface area contributed by atoms with Gasteiger partial charge in [0, 0.05) is 24.0 Å². The Labute approximate surface area is 184 Å². The Bertz CT molecular complexity index is 1190. The van der Waals surface area contributed by atoms with Gasteiger partial charge >= 0.3 is 5.97 Å². The summed E-state index contributed by atoms with van der Waals surface area (Å²) in [5, 5.41) is 3.85. The third kappa shape index (κ3) is 5.30. The number of carbonyl (C=O) groups excluding carboxylic acids is 2. The lowest BCUT2D eigenvalue weighted by Crippen LogP contribution is -2.29. The Morgan fingerprint density at radius 2 is 1.97 bits per heavy atom. The summed E-state index contributed by atoms with van der Waals surface area (Å²) < 4.78 is 6.78. The SMILES string of the molecule is O=C(COC(=O)CCc1nc2ccccc2c(=O)n1C1CC1)NCc1cccc(Cl)c1. The molecule has 4 rings (SSSR count). The molecule has 160 valence electrons. The highest BCUT2D eigenvalue weighted by atomic mass is 35.5. The highest BCUT2D eigenvalue weighted by Gasteiger charge is 2.28. The number of esters is 1. The van der Waals surface area contributed by atoms with Crippen LogP contribution in [0.2, 0.25) is 5.02 Å². The molecule has 1 saturated carbocycles. The highest BCUT2D eigenvalue weighted by molar-refractivity contribution is 6.30. The number of hydrogen-bond donors (Lipinski definition) is 1. The number of amides is 1. The maximum atomic E-state index is 12.8. The molecule has 1 aliphatic carbocycles. The number of rotatable bonds is 8. The van der Waals surface area contributed by atoms with Gasteiger partial charge in [0.05, 0.1) is 17.3 Å². The molecule has 8 heteroatoms. The van der Waals surface area contributed by atoms with Gasteiger partial charge in [0.2, 0.25) is 0 Å². The monoisotopic (exact) mass is 439 g/mol. The smallest absolute Gasteiger partial charge is 0.306 e. The first kappa shape index (κ1) is 21.1. The van der Waals surface area contributed by atoms with Crippen molar-refractivity contribution in [3.05, 3.63) is 75.3 Å². The molecule has 1 amide bonds. The van der Waals surface area contributed by atoms with E-state index in [4.69, 9.17) is 16.3 Å². The zero-order valence-corrected chi connectivity index (χ0v) is 17.6. The first-order valence-electron chi connectivity index (χ1n) is 10.2. The molecule has 1 N–H and O–H groups in total. The van der Waals surface area contributed by atoms with Crippen LogP contribution in [0.5, 0.6) is 0 Å². The van der Waals surface area contributed by atoms with Crippen LogP contribution < -0.4 is 10.9 Å². The molecule has 0 unspecified atom stereocenters. The van der Waals surface area contributed by atoms with Crippen LogP contribution in [0.1, 0.15) is 36.7 Å². The Morgan fingerprint density at radius 3 is 2.74 bits per heavy atom. The molecule has 0 bridgehead atoms. The Hall–Kier alpha value is -3.19. The fraction of sp³-hybridized carbons (Fsp3) is 0.304. The predicted octanol–water partition coefficient (Wildman–Crippen LogP) is 3.18. The minimum absolute atomic E-state index is 0.0407. The molecule has 1 heterocycles. The predicted molar refractivity (Wildman–Crippen MR) is 117 cm³/mol. The number of aryl methyl sites for hydroxylation is 1. The summed E-state index contributed by atoms with van der Waals surface area (Å²) in [5.74, 6) is -0.330. The van der Waals surface area contributed by atoms with Crippen LogP contribution in [0.15, 0.2) is 53.3 Å². The van der Waals surface area contributed by atoms with Gasteiger partial charge in [-0.3, -0.25) is 19.0 Å². The molecule has 0 saturated heterocycles. The normalized spacial score (nSPS) is 13.2. The number of nitrogens with one attached hydrogen (secondary N) is 1. The van der Waals surface area contributed by atoms with Gasteiger partial charge in [-0.1, -0.05) is 35.9 Å². The van der Waals surface area contributed by atoms with E-state index in [-0.39, 0.29) is 31.0 Å². The third-order valence-corrected chi connectivity index (χ3v) is 5.32. The second kappa shape index (κ2) is 9.31. The summed E-state index contributed by atoms with van der Waals surface area (Å²) >= 11 is 5.92. The molecule has 1 aliphatic rings. The summed E-state index contributed by atoms with van der Waals surface area (Å²) in [6.07, 6.45) is 2.19. The minimum Gasteiger partial charge on any atom is -0.456 e. The Kier molecular flexibility index (Phi) is 6.32. The van der Waals surface area contributed by atoms with Crippen LogP contribution in [-0.4, -0.2) is 28.0 Å². The summed E-state index contributed by atoms with van der Waals surface area (Å²) in [4.78, 5) is 41.5. The number of ether oxygens (including phenoxy) is 1. The fourth-order valence-corrected chi connectivity index (χ4v) is 3.62. The number of fused-ring (bicyclic) bond motifs is 1. The van der Waals surface area contributed by atoms with Gasteiger partial charge in [-0.05, 0) is 42.7 Å². The van der Waals surface area contributed by atoms with Crippen molar-refractivity contribution in [3.63, 3.8) is 0 Å². The van der Waals surface area contributed by atoms with Crippen LogP contribution in [-0.2, 0) is 27.3 Å². The number of halogens is 1. The van der Waals surface area contributed by atoms with E-state index in [1.165, 1.54) is 0 Å². The van der Waals surface area contributed by atoms with Crippen molar-refractivity contribution in [1.29, 1.82) is 0 Å². The van der Waals surface area contributed by atoms with Crippen molar-refractivity contribution >= 4 is 34.4 Å². The van der Waals surface area contributed by atoms with Crippen molar-refractivity contribution in [2.75, 3.05) is 6.61 Å². The summed E-state index contributed by atoms with van der Waals surface area (Å²) in [7, 11) is 0. The van der Waals surface area contributed by atoms with Gasteiger partial charge in [0.25, 0.3) is 11.5 Å². The zero-order chi connectivity index (χ0) is 21.8. The molecule has 1 fully saturated rings. The number of para-hydroxylation sites is 1. The third-order valence-electron chi connectivity index (χ3n) is 5.09. The van der Waals surface area contributed by atoms with E-state index in [0.29, 0.717) is 28.3 Å². The van der Waals surface area contributed by atoms with Crippen LogP contribution in [0.25, 0.3) is 10.9 Å². The van der Waals surface area contributed by atoms with Crippen LogP contribution in [0, 0.1) is 0 Å². The van der Waals surface area contributed by atoms with E-state index < -0.39 is 11.9 Å². The van der Waals surface area contributed by atoms with Gasteiger partial charge in [0.15, 0.2) is 6.61 Å². The largest absolute Gasteiger partial charge is 0.456 e. The summed E-state index contributed by atoms with van der Waals surface area (Å²) in [6.45, 7) is -0.0639. The molecule has 2 aromatic carbocycles. The molecule has 0 aliphatic heterocycles. The maximum absolute atomic E-state index is 12.8. The van der Waals surface area contributed by atoms with Crippen LogP contribution >= 0.6 is 11.6 Å². The number of nitrogens with zero attached hydrogens (tertiary/aromatic N) is 2. The summed E-state index contributed by atoms with van der Waals surface area (Å²) in [5.41, 5.74) is 1.40. The molecular weight excluding hydrogens is 418 g/mol. The van der Waals surface area contributed by atoms with E-state index in [1.54, 1.807) is 34.9 Å². The number of aromatic nitrogens is 2. The van der Waals surface area contributed by atoms with Gasteiger partial charge in [-0.15, -0.1) is 0 Å². The van der Waals surface area contributed by atoms with E-state index in [2.05, 4.69) is 10.3 Å². The van der Waals surface area contributed by atoms with Crippen molar-refractivity contribution < 1.29 is 14.3 Å². The quantitative estimate of drug-likeness (QED) is 0.544. The molecule has 0 radical (unpaired) electrons. The Balaban J connectivity index is 1.32. The van der Waals surface area contributed by atoms with Crippen LogP contribution in [0.4, 0.5) is 0 Å². The minimum atomic E-state index is -0.511. The summed E-state index contributed by atoms with van der Waals surface area (Å²) in [6, 6.07) is 14.5. The van der Waals surface area contributed by atoms with Crippen LogP contribution in [0.3, 0.4) is 0 Å². The van der Waals surface area contributed by atoms with E-state index in [1.807, 2.05) is 18.2 Å². The van der Waals surface area contributed by atoms with Gasteiger partial charge in [-0.2, -0.15) is 0 Å². The molecule has 0 spiro atoms. The topological polar surface area (TPSA) is 90.3 Å². The van der Waals surface area contributed by atoms with Crippen molar-refractivity contribution in [3.8, 4) is 0 Å². The molecule has 0 atom stereocenters. The van der Waals surface area contributed by atoms with E-state index in [9.17, 15) is 14.4 Å². The first-order valence-corrected chi connectivity index (χ1v) is 10.6. The highest BCUT2D eigenvalue weighted by Crippen LogP contribution is 2.34. The molecular formula is C23H22ClN3O4. The molecule has 1 aromatic heterocycles. The van der Waals surface area contributed by atoms with E-state index >= 15 is 0 Å². The maximum Gasteiger partial charge on any atom is 0.306 e. The number of benzene rings is 2. The average molecular weight is 440 g/mol. The van der Waals surface area contributed by atoms with Crippen molar-refractivity contribution in [1.82, 2.24) is 14.9 Å². The average Bonchev–Trinajstić information content (AvgIpc) is 3.60. The Morgan fingerprint density at radius 1 is 1.16 bits per heavy atom. The lowest BCUT2D eigenvalue weighted by atomic mass is 10.2. The zero-order valence-electron chi connectivity index (χ0n) is 16.8. The van der Waals surface area contributed by atoms with Gasteiger partial charge in [-0.25, -0.2) is 4.98 Å². The fourth-order valence-electron chi connectivity index (χ4n) is 3.41. The number of hydrogen-bond acceptors (Lipinski definition) is 5. The lowest BCUT2D eigenvalue weighted by Gasteiger charge is -2.12. The lowest BCUT2D eigenvalue weighted by molar-refractivity contribution is -0.148. The molecule has 7 nitrogen and oxygen atoms in total.